The molecule has 8 fully saturated rings. The van der Waals surface area contributed by atoms with Gasteiger partial charge in [0.25, 0.3) is 0 Å². The second kappa shape index (κ2) is 20.5. The summed E-state index contributed by atoms with van der Waals surface area (Å²) < 4.78 is 77.1. The molecule has 4 heterocycles. The van der Waals surface area contributed by atoms with E-state index in [0.717, 1.165) is 44.2 Å². The van der Waals surface area contributed by atoms with Gasteiger partial charge in [0, 0.05) is 24.7 Å². The van der Waals surface area contributed by atoms with Gasteiger partial charge in [0.1, 0.15) is 66.8 Å². The minimum Gasteiger partial charge on any atom is -0.446 e. The fourth-order valence-electron chi connectivity index (χ4n) is 14.8. The zero-order chi connectivity index (χ0) is 51.7. The van der Waals surface area contributed by atoms with Gasteiger partial charge in [-0.05, 0) is 110 Å². The Balaban J connectivity index is 0.775. The summed E-state index contributed by atoms with van der Waals surface area (Å²) in [5.41, 5.74) is -0.922. The summed E-state index contributed by atoms with van der Waals surface area (Å²) in [6.45, 7) is 8.23. The van der Waals surface area contributed by atoms with Gasteiger partial charge in [0.05, 0.1) is 36.8 Å². The largest absolute Gasteiger partial charge is 0.446 e. The highest BCUT2D eigenvalue weighted by Crippen LogP contribution is 2.70. The van der Waals surface area contributed by atoms with Crippen molar-refractivity contribution in [2.24, 2.45) is 52.3 Å². The third kappa shape index (κ3) is 9.59. The lowest BCUT2D eigenvalue weighted by atomic mass is 9.44. The highest BCUT2D eigenvalue weighted by atomic mass is 19.1. The van der Waals surface area contributed by atoms with Crippen LogP contribution in [0.4, 0.5) is 29.7 Å². The zero-order valence-electron chi connectivity index (χ0n) is 41.6. The van der Waals surface area contributed by atoms with Crippen molar-refractivity contribution in [2.75, 3.05) is 30.5 Å². The maximum Gasteiger partial charge on any atom is 0.412 e. The van der Waals surface area contributed by atoms with Gasteiger partial charge in [0.2, 0.25) is 0 Å². The number of para-hydroxylation sites is 2. The van der Waals surface area contributed by atoms with Gasteiger partial charge in [-0.3, -0.25) is 15.4 Å². The molecule has 402 valence electrons. The van der Waals surface area contributed by atoms with Gasteiger partial charge in [-0.15, -0.1) is 0 Å². The average molecular weight is 1030 g/mol. The van der Waals surface area contributed by atoms with Crippen molar-refractivity contribution >= 4 is 29.3 Å². The topological polar surface area (TPSA) is 250 Å². The number of hydrogen-bond donors (Lipinski definition) is 7. The molecular formula is C53H70F2N2O16. The van der Waals surface area contributed by atoms with E-state index >= 15 is 0 Å². The van der Waals surface area contributed by atoms with Gasteiger partial charge >= 0.3 is 12.2 Å². The van der Waals surface area contributed by atoms with E-state index in [2.05, 4.69) is 38.3 Å². The van der Waals surface area contributed by atoms with E-state index in [9.17, 15) is 48.7 Å². The minimum absolute atomic E-state index is 0.0725. The van der Waals surface area contributed by atoms with Crippen LogP contribution in [-0.4, -0.2) is 143 Å². The van der Waals surface area contributed by atoms with Gasteiger partial charge in [-0.1, -0.05) is 52.0 Å². The molecule has 1 spiro atoms. The first-order valence-corrected chi connectivity index (χ1v) is 26.0. The third-order valence-electron chi connectivity index (χ3n) is 18.5. The van der Waals surface area contributed by atoms with Crippen LogP contribution in [0.1, 0.15) is 85.5 Å². The molecule has 0 aromatic heterocycles. The number of Topliss-reactive ketones (excluding diaryl/α,β-unsaturated/α-hetero) is 1. The molecule has 0 radical (unpaired) electrons. The fourth-order valence-corrected chi connectivity index (χ4v) is 14.8. The predicted molar refractivity (Wildman–Crippen MR) is 252 cm³/mol. The normalized spacial score (nSPS) is 45.1. The fraction of sp³-hybridized carbons (Fsp3) is 0.717. The van der Waals surface area contributed by atoms with Crippen molar-refractivity contribution in [1.29, 1.82) is 0 Å². The Morgan fingerprint density at radius 2 is 1.41 bits per heavy atom. The zero-order valence-corrected chi connectivity index (χ0v) is 41.6. The number of ketones is 1. The van der Waals surface area contributed by atoms with Crippen LogP contribution >= 0.6 is 0 Å². The number of amides is 2. The molecule has 73 heavy (non-hydrogen) atoms. The van der Waals surface area contributed by atoms with E-state index in [1.807, 2.05) is 0 Å². The number of halogens is 2. The molecule has 8 aliphatic rings. The summed E-state index contributed by atoms with van der Waals surface area (Å²) in [6, 6.07) is 10.4. The average Bonchev–Trinajstić information content (AvgIpc) is 3.80. The van der Waals surface area contributed by atoms with Gasteiger partial charge in [0.15, 0.2) is 24.5 Å². The van der Waals surface area contributed by atoms with Crippen LogP contribution in [0.5, 0.6) is 0 Å². The lowest BCUT2D eigenvalue weighted by Gasteiger charge is -2.60. The lowest BCUT2D eigenvalue weighted by Crippen LogP contribution is -2.65. The second-order valence-electron chi connectivity index (χ2n) is 22.7. The van der Waals surface area contributed by atoms with Crippen LogP contribution in [0, 0.1) is 63.9 Å². The number of hydrogen-bond acceptors (Lipinski definition) is 16. The molecule has 22 atom stereocenters. The highest BCUT2D eigenvalue weighted by molar-refractivity contribution is 5.86. The van der Waals surface area contributed by atoms with Crippen LogP contribution in [-0.2, 0) is 42.7 Å². The maximum absolute atomic E-state index is 14.7. The van der Waals surface area contributed by atoms with Crippen molar-refractivity contribution in [2.45, 2.75) is 165 Å². The van der Waals surface area contributed by atoms with Crippen LogP contribution in [0.15, 0.2) is 48.5 Å². The second-order valence-corrected chi connectivity index (χ2v) is 22.7. The monoisotopic (exact) mass is 1030 g/mol. The number of aliphatic hydroxyl groups is 5. The number of ether oxygens (including phenoxy) is 8. The summed E-state index contributed by atoms with van der Waals surface area (Å²) >= 11 is 0. The Labute approximate surface area is 422 Å². The molecule has 2 aromatic carbocycles. The van der Waals surface area contributed by atoms with Crippen LogP contribution in [0.3, 0.4) is 0 Å². The van der Waals surface area contributed by atoms with Crippen molar-refractivity contribution in [3.8, 4) is 0 Å². The van der Waals surface area contributed by atoms with E-state index in [1.54, 1.807) is 0 Å². The molecule has 4 aliphatic heterocycles. The standard InChI is InChI=1S/C53H70F2N2O16/c1-25-15-18-53(67-23-25)26(2)39-36(73-53)20-30-29-14-13-27-19-28(16-17-51(27,3)40(29)35(59)21-52(30,39)4)68-47-43(62)41(60)45(37(22-58)69-47)71-48-44(63)42(61)46(72-50(65)57-34-12-8-6-10-32(34)55)38(70-48)24-66-49(64)56-33-11-7-5-9-31(33)54/h5-12,25-30,36-48,58,60-63H,13-24H2,1-4H3,(H,56,64)(H,57,65)/t25-,26?,27+,28+,29+,30+,36?,37-,38-,39?,40-,41-,42-,43-,44-,45-,46-,47-,48+,51+,52+,53-/m1/s1. The third-order valence-corrected chi connectivity index (χ3v) is 18.5. The van der Waals surface area contributed by atoms with E-state index in [1.165, 1.54) is 36.4 Å². The Morgan fingerprint density at radius 1 is 0.767 bits per heavy atom. The van der Waals surface area contributed by atoms with Crippen molar-refractivity contribution in [3.63, 3.8) is 0 Å². The number of rotatable bonds is 10. The Hall–Kier alpha value is -3.93. The van der Waals surface area contributed by atoms with E-state index in [-0.39, 0.29) is 57.9 Å². The molecule has 20 heteroatoms. The van der Waals surface area contributed by atoms with Crippen LogP contribution in [0.25, 0.3) is 0 Å². The van der Waals surface area contributed by atoms with Gasteiger partial charge in [-0.2, -0.15) is 0 Å². The Bertz CT molecular complexity index is 2340. The number of fused-ring (bicyclic) bond motifs is 7. The van der Waals surface area contributed by atoms with Gasteiger partial charge < -0.3 is 63.4 Å². The Kier molecular flexibility index (Phi) is 14.8. The maximum atomic E-state index is 14.7. The van der Waals surface area contributed by atoms with Crippen molar-refractivity contribution in [1.82, 2.24) is 0 Å². The lowest BCUT2D eigenvalue weighted by molar-refractivity contribution is -0.363. The SMILES string of the molecule is CC1C2C(C[C@H]3[C@@H]4CC[C@H]5C[C@@H](O[C@@H]6O[C@H](CO)[C@@H](O[C@@H]7O[C@H](COC(=O)Nc8ccccc8F)[C@@H](OC(=O)Nc8ccccc8F)[C@H](O)[C@H]7O)[C@H](O)[C@H]6O)CC[C@]5(C)[C@H]4C(=O)C[C@]23C)O[C@]12CC[C@@H](C)CO2. The summed E-state index contributed by atoms with van der Waals surface area (Å²) in [7, 11) is 0. The van der Waals surface area contributed by atoms with Crippen molar-refractivity contribution < 1.29 is 86.6 Å². The molecule has 2 amide bonds. The predicted octanol–water partition coefficient (Wildman–Crippen LogP) is 5.41. The summed E-state index contributed by atoms with van der Waals surface area (Å²) in [5.74, 6) is -0.159. The smallest absolute Gasteiger partial charge is 0.412 e. The molecule has 3 unspecified atom stereocenters. The van der Waals surface area contributed by atoms with Crippen molar-refractivity contribution in [3.05, 3.63) is 60.2 Å². The quantitative estimate of drug-likeness (QED) is 0.147. The molecule has 2 aromatic rings. The molecular weight excluding hydrogens is 959 g/mol. The molecule has 7 N–H and O–H groups in total. The van der Waals surface area contributed by atoms with Crippen LogP contribution < -0.4 is 10.6 Å². The first kappa shape index (κ1) is 52.5. The number of benzene rings is 2. The minimum atomic E-state index is -2.04. The molecule has 10 rings (SSSR count). The molecule has 18 nitrogen and oxygen atoms in total. The van der Waals surface area contributed by atoms with Crippen LogP contribution in [0.2, 0.25) is 0 Å². The van der Waals surface area contributed by atoms with E-state index in [4.69, 9.17) is 37.9 Å². The molecule has 4 saturated carbocycles. The van der Waals surface area contributed by atoms with Gasteiger partial charge in [-0.25, -0.2) is 18.4 Å². The number of carbonyl (C=O) groups is 3. The highest BCUT2D eigenvalue weighted by Gasteiger charge is 2.71. The number of anilines is 2. The summed E-state index contributed by atoms with van der Waals surface area (Å²) in [6.07, 6.45) is -13.1. The summed E-state index contributed by atoms with van der Waals surface area (Å²) in [4.78, 5) is 40.4. The number of aliphatic hydroxyl groups excluding tert-OH is 5. The number of nitrogens with one attached hydrogen (secondary N) is 2. The Morgan fingerprint density at radius 3 is 2.07 bits per heavy atom. The van der Waals surface area contributed by atoms with E-state index in [0.29, 0.717) is 49.9 Å². The summed E-state index contributed by atoms with van der Waals surface area (Å²) in [5, 5.41) is 60.8. The van der Waals surface area contributed by atoms with E-state index < -0.39 is 110 Å². The first-order chi connectivity index (χ1) is 34.8. The number of carbonyl (C=O) groups excluding carboxylic acids is 3. The first-order valence-electron chi connectivity index (χ1n) is 26.0. The molecule has 4 saturated heterocycles. The molecule has 0 bridgehead atoms. The molecule has 4 aliphatic carbocycles.